The average molecular weight is 375 g/mol. The molecule has 7 heteroatoms. The summed E-state index contributed by atoms with van der Waals surface area (Å²) in [7, 11) is 3.01. The zero-order valence-electron chi connectivity index (χ0n) is 14.8. The quantitative estimate of drug-likeness (QED) is 0.689. The molecule has 0 amide bonds. The van der Waals surface area contributed by atoms with E-state index in [9.17, 15) is 9.59 Å². The molecule has 0 spiro atoms. The van der Waals surface area contributed by atoms with E-state index in [1.807, 2.05) is 18.2 Å². The van der Waals surface area contributed by atoms with E-state index < -0.39 is 5.69 Å². The molecule has 0 saturated carbocycles. The van der Waals surface area contributed by atoms with Crippen LogP contribution >= 0.6 is 11.6 Å². The number of halogens is 1. The van der Waals surface area contributed by atoms with Crippen LogP contribution in [0.4, 0.5) is 0 Å². The van der Waals surface area contributed by atoms with Gasteiger partial charge in [-0.15, -0.1) is 0 Å². The number of benzene rings is 2. The van der Waals surface area contributed by atoms with Crippen molar-refractivity contribution in [1.82, 2.24) is 9.13 Å². The highest BCUT2D eigenvalue weighted by Gasteiger charge is 2.17. The van der Waals surface area contributed by atoms with Crippen molar-refractivity contribution in [3.05, 3.63) is 67.8 Å². The molecule has 1 aromatic heterocycles. The summed E-state index contributed by atoms with van der Waals surface area (Å²) >= 11 is 6.26. The topological polar surface area (TPSA) is 62.5 Å². The number of methoxy groups -OCH3 is 2. The Labute approximate surface area is 155 Å². The fourth-order valence-corrected chi connectivity index (χ4v) is 3.17. The summed E-state index contributed by atoms with van der Waals surface area (Å²) in [6.07, 6.45) is 0. The van der Waals surface area contributed by atoms with Gasteiger partial charge in [0.15, 0.2) is 11.5 Å². The van der Waals surface area contributed by atoms with Crippen LogP contribution in [0.3, 0.4) is 0 Å². The van der Waals surface area contributed by atoms with Gasteiger partial charge in [-0.25, -0.2) is 4.79 Å². The van der Waals surface area contributed by atoms with Crippen LogP contribution in [0.1, 0.15) is 12.5 Å². The highest BCUT2D eigenvalue weighted by atomic mass is 35.5. The lowest BCUT2D eigenvalue weighted by Crippen LogP contribution is -2.39. The molecule has 0 saturated heterocycles. The fourth-order valence-electron chi connectivity index (χ4n) is 2.97. The van der Waals surface area contributed by atoms with Crippen LogP contribution < -0.4 is 20.7 Å². The van der Waals surface area contributed by atoms with Crippen LogP contribution in [0.2, 0.25) is 5.02 Å². The first-order valence-electron chi connectivity index (χ1n) is 8.14. The first kappa shape index (κ1) is 18.1. The molecule has 0 atom stereocenters. The Morgan fingerprint density at radius 2 is 1.65 bits per heavy atom. The van der Waals surface area contributed by atoms with E-state index in [1.165, 1.54) is 23.4 Å². The normalized spacial score (nSPS) is 10.9. The van der Waals surface area contributed by atoms with Gasteiger partial charge in [0, 0.05) is 17.6 Å². The van der Waals surface area contributed by atoms with E-state index in [4.69, 9.17) is 21.1 Å². The van der Waals surface area contributed by atoms with E-state index in [0.717, 1.165) is 5.56 Å². The van der Waals surface area contributed by atoms with Crippen molar-refractivity contribution in [1.29, 1.82) is 0 Å². The number of fused-ring (bicyclic) bond motifs is 1. The highest BCUT2D eigenvalue weighted by molar-refractivity contribution is 6.31. The highest BCUT2D eigenvalue weighted by Crippen LogP contribution is 2.30. The molecule has 0 aliphatic rings. The van der Waals surface area contributed by atoms with Gasteiger partial charge in [-0.1, -0.05) is 29.8 Å². The zero-order chi connectivity index (χ0) is 18.8. The van der Waals surface area contributed by atoms with Crippen molar-refractivity contribution in [3.63, 3.8) is 0 Å². The lowest BCUT2D eigenvalue weighted by atomic mass is 10.2. The lowest BCUT2D eigenvalue weighted by molar-refractivity contribution is 0.355. The first-order chi connectivity index (χ1) is 12.5. The molecular weight excluding hydrogens is 356 g/mol. The molecule has 0 radical (unpaired) electrons. The maximum absolute atomic E-state index is 12.9. The Hall–Kier alpha value is -2.73. The molecule has 0 unspecified atom stereocenters. The van der Waals surface area contributed by atoms with Gasteiger partial charge in [-0.2, -0.15) is 0 Å². The van der Waals surface area contributed by atoms with Crippen molar-refractivity contribution in [2.75, 3.05) is 14.2 Å². The van der Waals surface area contributed by atoms with Gasteiger partial charge in [-0.05, 0) is 24.6 Å². The monoisotopic (exact) mass is 374 g/mol. The van der Waals surface area contributed by atoms with Crippen molar-refractivity contribution < 1.29 is 9.47 Å². The molecule has 1 heterocycles. The second-order valence-electron chi connectivity index (χ2n) is 5.73. The number of ether oxygens (including phenoxy) is 2. The lowest BCUT2D eigenvalue weighted by Gasteiger charge is -2.16. The van der Waals surface area contributed by atoms with E-state index in [-0.39, 0.29) is 18.6 Å². The summed E-state index contributed by atoms with van der Waals surface area (Å²) in [5, 5.41) is 0.943. The second-order valence-corrected chi connectivity index (χ2v) is 6.14. The van der Waals surface area contributed by atoms with Crippen LogP contribution in [0.5, 0.6) is 11.5 Å². The minimum Gasteiger partial charge on any atom is -0.493 e. The number of hydrogen-bond acceptors (Lipinski definition) is 4. The number of nitrogens with zero attached hydrogens (tertiary/aromatic N) is 2. The summed E-state index contributed by atoms with van der Waals surface area (Å²) in [4.78, 5) is 25.7. The molecule has 26 heavy (non-hydrogen) atoms. The molecule has 3 rings (SSSR count). The summed E-state index contributed by atoms with van der Waals surface area (Å²) < 4.78 is 13.4. The van der Waals surface area contributed by atoms with Gasteiger partial charge in [0.2, 0.25) is 0 Å². The number of hydrogen-bond donors (Lipinski definition) is 0. The van der Waals surface area contributed by atoms with Gasteiger partial charge in [0.1, 0.15) is 0 Å². The maximum atomic E-state index is 12.9. The van der Waals surface area contributed by atoms with Gasteiger partial charge in [-0.3, -0.25) is 13.9 Å². The van der Waals surface area contributed by atoms with Gasteiger partial charge in [0.25, 0.3) is 5.56 Å². The summed E-state index contributed by atoms with van der Waals surface area (Å²) in [5.74, 6) is 0.878. The largest absolute Gasteiger partial charge is 0.493 e. The Bertz CT molecular complexity index is 1090. The molecular formula is C19H19ClN2O4. The molecule has 136 valence electrons. The number of aromatic nitrogens is 2. The molecule has 0 aliphatic carbocycles. The molecule has 0 N–H and O–H groups in total. The minimum atomic E-state index is -0.392. The summed E-state index contributed by atoms with van der Waals surface area (Å²) in [6.45, 7) is 2.27. The smallest absolute Gasteiger partial charge is 0.331 e. The van der Waals surface area contributed by atoms with E-state index in [2.05, 4.69) is 0 Å². The van der Waals surface area contributed by atoms with Crippen LogP contribution in [-0.4, -0.2) is 23.4 Å². The Kier molecular flexibility index (Phi) is 5.04. The standard InChI is InChI=1S/C19H19ClN2O4/c1-4-21-18(23)13-9-16(25-2)17(26-3)10-15(13)22(19(21)24)11-12-7-5-6-8-14(12)20/h5-10H,4,11H2,1-3H3. The van der Waals surface area contributed by atoms with Crippen molar-refractivity contribution in [2.45, 2.75) is 20.0 Å². The SMILES string of the molecule is CCn1c(=O)c2cc(OC)c(OC)cc2n(Cc2ccccc2Cl)c1=O. The fraction of sp³-hybridized carbons (Fsp3) is 0.263. The van der Waals surface area contributed by atoms with E-state index >= 15 is 0 Å². The Balaban J connectivity index is 2.38. The zero-order valence-corrected chi connectivity index (χ0v) is 15.5. The third-order valence-corrected chi connectivity index (χ3v) is 4.70. The average Bonchev–Trinajstić information content (AvgIpc) is 2.66. The van der Waals surface area contributed by atoms with Crippen LogP contribution in [0, 0.1) is 0 Å². The molecule has 0 fully saturated rings. The third kappa shape index (κ3) is 2.97. The molecule has 0 aliphatic heterocycles. The van der Waals surface area contributed by atoms with Gasteiger partial charge < -0.3 is 9.47 Å². The van der Waals surface area contributed by atoms with Crippen LogP contribution in [0.15, 0.2) is 46.0 Å². The number of rotatable bonds is 5. The molecule has 3 aromatic rings. The van der Waals surface area contributed by atoms with Crippen molar-refractivity contribution in [2.24, 2.45) is 0 Å². The second kappa shape index (κ2) is 7.25. The molecule has 6 nitrogen and oxygen atoms in total. The maximum Gasteiger partial charge on any atom is 0.331 e. The predicted molar refractivity (Wildman–Crippen MR) is 102 cm³/mol. The van der Waals surface area contributed by atoms with Crippen molar-refractivity contribution in [3.8, 4) is 11.5 Å². The van der Waals surface area contributed by atoms with Crippen LogP contribution in [-0.2, 0) is 13.1 Å². The van der Waals surface area contributed by atoms with Crippen LogP contribution in [0.25, 0.3) is 10.9 Å². The Morgan fingerprint density at radius 3 is 2.27 bits per heavy atom. The van der Waals surface area contributed by atoms with Crippen molar-refractivity contribution >= 4 is 22.5 Å². The van der Waals surface area contributed by atoms with E-state index in [1.54, 1.807) is 25.1 Å². The molecule has 2 aromatic carbocycles. The third-order valence-electron chi connectivity index (χ3n) is 4.33. The minimum absolute atomic E-state index is 0.241. The van der Waals surface area contributed by atoms with Gasteiger partial charge >= 0.3 is 5.69 Å². The predicted octanol–water partition coefficient (Wildman–Crippen LogP) is 2.90. The first-order valence-corrected chi connectivity index (χ1v) is 8.52. The summed E-state index contributed by atoms with van der Waals surface area (Å²) in [5.41, 5.74) is 0.511. The summed E-state index contributed by atoms with van der Waals surface area (Å²) in [6, 6.07) is 10.5. The Morgan fingerprint density at radius 1 is 1.00 bits per heavy atom. The van der Waals surface area contributed by atoms with Gasteiger partial charge in [0.05, 0.1) is 31.7 Å². The molecule has 0 bridgehead atoms. The van der Waals surface area contributed by atoms with E-state index in [0.29, 0.717) is 27.4 Å².